The van der Waals surface area contributed by atoms with Gasteiger partial charge in [0.25, 0.3) is 10.2 Å². The minimum atomic E-state index is -4.03. The summed E-state index contributed by atoms with van der Waals surface area (Å²) in [5, 5.41) is 24.8. The third-order valence-electron chi connectivity index (χ3n) is 4.23. The van der Waals surface area contributed by atoms with E-state index in [1.54, 1.807) is 18.2 Å². The molecule has 0 bridgehead atoms. The van der Waals surface area contributed by atoms with Crippen molar-refractivity contribution in [3.05, 3.63) is 65.2 Å². The van der Waals surface area contributed by atoms with Gasteiger partial charge in [-0.2, -0.15) is 16.8 Å². The fraction of sp³-hybridized carbons (Fsp3) is 0.176. The monoisotopic (exact) mass is 440 g/mol. The SMILES string of the molecule is CCc1ccc(NS(N)(=O)=O)c(Cc2ccc(N3C=C(O)NS3(=O)=O)c(O)c2)c1. The van der Waals surface area contributed by atoms with E-state index in [1.807, 2.05) is 17.7 Å². The Morgan fingerprint density at radius 3 is 2.38 bits per heavy atom. The van der Waals surface area contributed by atoms with Gasteiger partial charge >= 0.3 is 10.2 Å². The van der Waals surface area contributed by atoms with Gasteiger partial charge in [0.1, 0.15) is 11.4 Å². The number of aliphatic hydroxyl groups is 1. The third-order valence-corrected chi connectivity index (χ3v) is 6.03. The molecule has 3 rings (SSSR count). The first-order chi connectivity index (χ1) is 13.5. The fourth-order valence-corrected chi connectivity index (χ4v) is 4.51. The standard InChI is InChI=1S/C17H20N4O6S2/c1-2-11-3-5-14(19-28(18,24)25)13(7-11)8-12-4-6-15(16(22)9-12)21-10-17(23)20-29(21,26)27/h3-7,9-10,19-20,22-23H,2,8H2,1H3,(H2,18,24,25). The number of nitrogens with zero attached hydrogens (tertiary/aromatic N) is 1. The number of phenols is 1. The molecule has 0 saturated carbocycles. The molecule has 0 spiro atoms. The zero-order valence-corrected chi connectivity index (χ0v) is 17.0. The van der Waals surface area contributed by atoms with E-state index >= 15 is 0 Å². The van der Waals surface area contributed by atoms with Crippen LogP contribution in [0.5, 0.6) is 5.75 Å². The zero-order valence-electron chi connectivity index (χ0n) is 15.3. The molecule has 1 aliphatic heterocycles. The van der Waals surface area contributed by atoms with Crippen molar-refractivity contribution in [3.8, 4) is 5.75 Å². The van der Waals surface area contributed by atoms with Gasteiger partial charge in [-0.3, -0.25) is 4.72 Å². The summed E-state index contributed by atoms with van der Waals surface area (Å²) in [6, 6.07) is 9.56. The molecule has 0 fully saturated rings. The lowest BCUT2D eigenvalue weighted by Gasteiger charge is -2.17. The van der Waals surface area contributed by atoms with Crippen LogP contribution in [0.1, 0.15) is 23.6 Å². The van der Waals surface area contributed by atoms with E-state index in [1.165, 1.54) is 12.1 Å². The molecule has 1 aliphatic rings. The van der Waals surface area contributed by atoms with E-state index in [4.69, 9.17) is 5.14 Å². The molecule has 1 heterocycles. The number of nitrogens with one attached hydrogen (secondary N) is 2. The summed E-state index contributed by atoms with van der Waals surface area (Å²) >= 11 is 0. The first kappa shape index (κ1) is 20.8. The third kappa shape index (κ3) is 4.72. The molecule has 0 radical (unpaired) electrons. The molecule has 0 saturated heterocycles. The van der Waals surface area contributed by atoms with Crippen molar-refractivity contribution in [2.75, 3.05) is 9.03 Å². The molecule has 2 aromatic carbocycles. The summed E-state index contributed by atoms with van der Waals surface area (Å²) in [6.07, 6.45) is 1.93. The van der Waals surface area contributed by atoms with Gasteiger partial charge in [-0.15, -0.1) is 0 Å². The van der Waals surface area contributed by atoms with Gasteiger partial charge in [-0.1, -0.05) is 25.1 Å². The van der Waals surface area contributed by atoms with Crippen molar-refractivity contribution in [1.29, 1.82) is 0 Å². The lowest BCUT2D eigenvalue weighted by molar-refractivity contribution is 0.392. The van der Waals surface area contributed by atoms with Gasteiger partial charge in [0.15, 0.2) is 0 Å². The summed E-state index contributed by atoms with van der Waals surface area (Å²) in [7, 11) is -7.99. The van der Waals surface area contributed by atoms with Gasteiger partial charge in [0.05, 0.1) is 11.9 Å². The number of hydrogen-bond acceptors (Lipinski definition) is 6. The number of aliphatic hydroxyl groups excluding tert-OH is 1. The first-order valence-corrected chi connectivity index (χ1v) is 11.4. The Morgan fingerprint density at radius 2 is 1.83 bits per heavy atom. The highest BCUT2D eigenvalue weighted by Gasteiger charge is 2.30. The van der Waals surface area contributed by atoms with Crippen molar-refractivity contribution in [3.63, 3.8) is 0 Å². The Bertz CT molecular complexity index is 1190. The van der Waals surface area contributed by atoms with Crippen molar-refractivity contribution in [2.24, 2.45) is 5.14 Å². The average Bonchev–Trinajstić information content (AvgIpc) is 2.87. The molecular weight excluding hydrogens is 420 g/mol. The van der Waals surface area contributed by atoms with Gasteiger partial charge < -0.3 is 10.2 Å². The second-order valence-electron chi connectivity index (χ2n) is 6.41. The maximum absolute atomic E-state index is 12.0. The summed E-state index contributed by atoms with van der Waals surface area (Å²) in [5.74, 6) is -0.894. The predicted octanol–water partition coefficient (Wildman–Crippen LogP) is 1.17. The molecule has 156 valence electrons. The smallest absolute Gasteiger partial charge is 0.330 e. The lowest BCUT2D eigenvalue weighted by atomic mass is 9.99. The maximum Gasteiger partial charge on any atom is 0.330 e. The van der Waals surface area contributed by atoms with Gasteiger partial charge in [-0.05, 0) is 47.7 Å². The van der Waals surface area contributed by atoms with Crippen LogP contribution in [0.15, 0.2) is 48.5 Å². The Balaban J connectivity index is 1.95. The van der Waals surface area contributed by atoms with E-state index in [9.17, 15) is 27.0 Å². The number of anilines is 2. The highest BCUT2D eigenvalue weighted by atomic mass is 32.2. The van der Waals surface area contributed by atoms with Crippen LogP contribution in [-0.4, -0.2) is 27.0 Å². The van der Waals surface area contributed by atoms with E-state index in [-0.39, 0.29) is 17.9 Å². The van der Waals surface area contributed by atoms with E-state index < -0.39 is 26.3 Å². The number of nitrogens with two attached hydrogens (primary N) is 1. The highest BCUT2D eigenvalue weighted by Crippen LogP contribution is 2.33. The van der Waals surface area contributed by atoms with Crippen molar-refractivity contribution in [1.82, 2.24) is 4.72 Å². The molecule has 0 atom stereocenters. The number of benzene rings is 2. The Kier molecular flexibility index (Phi) is 5.34. The van der Waals surface area contributed by atoms with E-state index in [2.05, 4.69) is 4.72 Å². The van der Waals surface area contributed by atoms with Crippen LogP contribution in [0, 0.1) is 0 Å². The Labute approximate surface area is 168 Å². The van der Waals surface area contributed by atoms with Crippen LogP contribution in [-0.2, 0) is 33.3 Å². The Hall–Kier alpha value is -2.96. The number of aryl methyl sites for hydroxylation is 1. The van der Waals surface area contributed by atoms with Crippen molar-refractivity contribution < 1.29 is 27.0 Å². The maximum atomic E-state index is 12.0. The van der Waals surface area contributed by atoms with Crippen molar-refractivity contribution in [2.45, 2.75) is 19.8 Å². The molecule has 0 unspecified atom stereocenters. The van der Waals surface area contributed by atoms with Gasteiger partial charge in [-0.25, -0.2) is 14.2 Å². The molecule has 0 aromatic heterocycles. The molecule has 6 N–H and O–H groups in total. The molecule has 0 amide bonds. The van der Waals surface area contributed by atoms with Crippen LogP contribution < -0.4 is 18.9 Å². The Morgan fingerprint density at radius 1 is 1.14 bits per heavy atom. The summed E-state index contributed by atoms with van der Waals surface area (Å²) < 4.78 is 51.6. The number of phenolic OH excluding ortho intramolecular Hbond substituents is 1. The second-order valence-corrected chi connectivity index (χ2v) is 9.25. The number of rotatable bonds is 6. The molecular formula is C17H20N4O6S2. The number of aromatic hydroxyl groups is 1. The van der Waals surface area contributed by atoms with Crippen LogP contribution in [0.4, 0.5) is 11.4 Å². The predicted molar refractivity (Wildman–Crippen MR) is 109 cm³/mol. The van der Waals surface area contributed by atoms with Gasteiger partial charge in [0, 0.05) is 0 Å². The number of hydrogen-bond donors (Lipinski definition) is 5. The van der Waals surface area contributed by atoms with Gasteiger partial charge in [0.2, 0.25) is 5.88 Å². The van der Waals surface area contributed by atoms with Crippen LogP contribution in [0.2, 0.25) is 0 Å². The largest absolute Gasteiger partial charge is 0.506 e. The van der Waals surface area contributed by atoms with Crippen LogP contribution in [0.3, 0.4) is 0 Å². The quantitative estimate of drug-likeness (QED) is 0.453. The second kappa shape index (κ2) is 7.46. The van der Waals surface area contributed by atoms with Crippen LogP contribution >= 0.6 is 0 Å². The molecule has 10 nitrogen and oxygen atoms in total. The summed E-state index contributed by atoms with van der Waals surface area (Å²) in [6.45, 7) is 1.96. The van der Waals surface area contributed by atoms with E-state index in [0.717, 1.165) is 18.2 Å². The highest BCUT2D eigenvalue weighted by molar-refractivity contribution is 7.91. The summed E-state index contributed by atoms with van der Waals surface area (Å²) in [5.41, 5.74) is 2.49. The molecule has 12 heteroatoms. The molecule has 2 aromatic rings. The molecule has 29 heavy (non-hydrogen) atoms. The summed E-state index contributed by atoms with van der Waals surface area (Å²) in [4.78, 5) is 0. The topological polar surface area (TPSA) is 162 Å². The fourth-order valence-electron chi connectivity index (χ4n) is 2.94. The minimum absolute atomic E-state index is 0.0458. The first-order valence-electron chi connectivity index (χ1n) is 8.45. The minimum Gasteiger partial charge on any atom is -0.506 e. The normalized spacial score (nSPS) is 15.7. The zero-order chi connectivity index (χ0) is 21.4. The van der Waals surface area contributed by atoms with Crippen LogP contribution in [0.25, 0.3) is 0 Å². The average molecular weight is 441 g/mol. The van der Waals surface area contributed by atoms with Crippen molar-refractivity contribution >= 4 is 31.8 Å². The lowest BCUT2D eigenvalue weighted by Crippen LogP contribution is -2.29. The molecule has 0 aliphatic carbocycles. The van der Waals surface area contributed by atoms with E-state index in [0.29, 0.717) is 21.1 Å².